The number of anilines is 7. The Bertz CT molecular complexity index is 2730. The first-order chi connectivity index (χ1) is 32.8. The quantitative estimate of drug-likeness (QED) is 0.0347. The molecule has 6 aromatic rings. The molecule has 0 saturated heterocycles. The summed E-state index contributed by atoms with van der Waals surface area (Å²) in [6.45, 7) is 11.3. The SMILES string of the molecule is COc1ccc(N(C)c2ccc(N(C)/N=C/C3=[N+](CCCCCCN4c5ccccc5C(C)(C)C4/C=N/N(C)c4ccc(N(C)c5ccc(OC)cc5)cc4)c4ccccc4C3(C)C)cc2)cc1. The lowest BCUT2D eigenvalue weighted by atomic mass is 9.81. The molecule has 0 aliphatic carbocycles. The molecular formula is C58H69N8O2+. The number of rotatable bonds is 19. The summed E-state index contributed by atoms with van der Waals surface area (Å²) in [5.74, 6) is 1.70. The van der Waals surface area contributed by atoms with Gasteiger partial charge in [-0.15, -0.1) is 0 Å². The fraction of sp³-hybridized carbons (Fsp3) is 0.328. The van der Waals surface area contributed by atoms with Crippen molar-refractivity contribution in [2.45, 2.75) is 70.3 Å². The van der Waals surface area contributed by atoms with E-state index in [0.29, 0.717) is 0 Å². The summed E-state index contributed by atoms with van der Waals surface area (Å²) in [6.07, 6.45) is 8.74. The van der Waals surface area contributed by atoms with E-state index < -0.39 is 0 Å². The van der Waals surface area contributed by atoms with Crippen molar-refractivity contribution in [2.75, 3.05) is 80.2 Å². The van der Waals surface area contributed by atoms with Gasteiger partial charge in [0.25, 0.3) is 0 Å². The number of methoxy groups -OCH3 is 2. The highest BCUT2D eigenvalue weighted by molar-refractivity contribution is 6.33. The topological polar surface area (TPSA) is 62.4 Å². The maximum atomic E-state index is 5.35. The number of hydrogen-bond donors (Lipinski definition) is 0. The average Bonchev–Trinajstić information content (AvgIpc) is 3.73. The molecule has 0 radical (unpaired) electrons. The average molecular weight is 910 g/mol. The molecule has 0 fully saturated rings. The first-order valence-corrected chi connectivity index (χ1v) is 23.9. The summed E-state index contributed by atoms with van der Waals surface area (Å²) >= 11 is 0. The Kier molecular flexibility index (Phi) is 14.2. The van der Waals surface area contributed by atoms with E-state index in [1.165, 1.54) is 28.2 Å². The van der Waals surface area contributed by atoms with Crippen LogP contribution in [0.3, 0.4) is 0 Å². The third-order valence-corrected chi connectivity index (χ3v) is 14.2. The molecule has 0 aromatic heterocycles. The van der Waals surface area contributed by atoms with Crippen LogP contribution in [0.2, 0.25) is 0 Å². The van der Waals surface area contributed by atoms with Gasteiger partial charge in [-0.2, -0.15) is 14.8 Å². The summed E-state index contributed by atoms with van der Waals surface area (Å²) in [7, 11) is 11.6. The van der Waals surface area contributed by atoms with Crippen molar-refractivity contribution in [3.05, 3.63) is 157 Å². The fourth-order valence-electron chi connectivity index (χ4n) is 9.85. The molecule has 0 bridgehead atoms. The summed E-state index contributed by atoms with van der Waals surface area (Å²) in [4.78, 5) is 6.93. The molecule has 1 atom stereocenters. The number of hydrazone groups is 2. The minimum atomic E-state index is -0.176. The van der Waals surface area contributed by atoms with Crippen LogP contribution in [0.15, 0.2) is 156 Å². The smallest absolute Gasteiger partial charge is 0.212 e. The Morgan fingerprint density at radius 3 is 1.54 bits per heavy atom. The van der Waals surface area contributed by atoms with Crippen LogP contribution in [0.25, 0.3) is 0 Å². The van der Waals surface area contributed by atoms with E-state index in [1.807, 2.05) is 48.4 Å². The van der Waals surface area contributed by atoms with E-state index in [-0.39, 0.29) is 16.9 Å². The normalized spacial score (nSPS) is 15.7. The maximum absolute atomic E-state index is 5.35. The summed E-state index contributed by atoms with van der Waals surface area (Å²) < 4.78 is 13.2. The first kappa shape index (κ1) is 47.4. The second-order valence-electron chi connectivity index (χ2n) is 19.1. The molecule has 2 heterocycles. The summed E-state index contributed by atoms with van der Waals surface area (Å²) in [6, 6.07) is 51.2. The van der Waals surface area contributed by atoms with Gasteiger partial charge in [0.15, 0.2) is 0 Å². The molecule has 2 aliphatic heterocycles. The van der Waals surface area contributed by atoms with Crippen LogP contribution in [-0.2, 0) is 10.8 Å². The van der Waals surface area contributed by atoms with Crippen molar-refractivity contribution in [1.82, 2.24) is 0 Å². The zero-order valence-corrected chi connectivity index (χ0v) is 41.7. The van der Waals surface area contributed by atoms with Crippen LogP contribution < -0.4 is 34.2 Å². The molecule has 0 saturated carbocycles. The number of fused-ring (bicyclic) bond motifs is 2. The van der Waals surface area contributed by atoms with Gasteiger partial charge < -0.3 is 24.2 Å². The van der Waals surface area contributed by atoms with Crippen LogP contribution in [0.5, 0.6) is 11.5 Å². The third kappa shape index (κ3) is 9.82. The van der Waals surface area contributed by atoms with Crippen molar-refractivity contribution in [3.63, 3.8) is 0 Å². The standard InChI is InChI=1S/C58H69N8O2/c1-57(2)51-19-13-15-21-53(51)65(55(57)41-59-63(7)47-27-23-43(24-28-47)61(5)45-31-35-49(67-9)36-32-45)39-17-11-12-18-40-66-54-22-16-14-20-52(54)58(3,4)56(66)42-60-64(8)48-29-25-44(26-30-48)62(6)46-33-37-50(68-10)38-34-46/h13-16,19-38,41-42,55H,11-12,17-18,39-40H2,1-10H3/q+1/b59-41+. The predicted octanol–water partition coefficient (Wildman–Crippen LogP) is 12.6. The van der Waals surface area contributed by atoms with Crippen molar-refractivity contribution in [2.24, 2.45) is 10.2 Å². The number of hydrogen-bond acceptors (Lipinski definition) is 9. The summed E-state index contributed by atoms with van der Waals surface area (Å²) in [5, 5.41) is 14.1. The van der Waals surface area contributed by atoms with E-state index in [1.54, 1.807) is 14.2 Å². The molecule has 10 nitrogen and oxygen atoms in total. The first-order valence-electron chi connectivity index (χ1n) is 23.9. The lowest BCUT2D eigenvalue weighted by Crippen LogP contribution is -2.43. The van der Waals surface area contributed by atoms with Gasteiger partial charge in [-0.1, -0.05) is 56.7 Å². The number of unbranched alkanes of at least 4 members (excludes halogenated alkanes) is 3. The lowest BCUT2D eigenvalue weighted by molar-refractivity contribution is -0.437. The van der Waals surface area contributed by atoms with Crippen LogP contribution in [0, 0.1) is 0 Å². The van der Waals surface area contributed by atoms with Gasteiger partial charge in [0.2, 0.25) is 11.4 Å². The molecular weight excluding hydrogens is 841 g/mol. The second kappa shape index (κ2) is 20.4. The molecule has 2 aliphatic rings. The number of nitrogens with zero attached hydrogens (tertiary/aromatic N) is 8. The van der Waals surface area contributed by atoms with Gasteiger partial charge >= 0.3 is 0 Å². The van der Waals surface area contributed by atoms with Gasteiger partial charge in [0.05, 0.1) is 37.1 Å². The number of para-hydroxylation sites is 2. The van der Waals surface area contributed by atoms with E-state index >= 15 is 0 Å². The molecule has 0 spiro atoms. The van der Waals surface area contributed by atoms with E-state index in [2.05, 4.69) is 195 Å². The Balaban J connectivity index is 0.897. The van der Waals surface area contributed by atoms with E-state index in [9.17, 15) is 0 Å². The van der Waals surface area contributed by atoms with E-state index in [4.69, 9.17) is 19.7 Å². The fourth-order valence-corrected chi connectivity index (χ4v) is 9.85. The minimum Gasteiger partial charge on any atom is -0.497 e. The number of ether oxygens (including phenoxy) is 2. The Morgan fingerprint density at radius 2 is 1.00 bits per heavy atom. The number of benzene rings is 6. The van der Waals surface area contributed by atoms with Gasteiger partial charge in [-0.25, -0.2) is 0 Å². The van der Waals surface area contributed by atoms with Crippen LogP contribution in [-0.4, -0.2) is 84.3 Å². The molecule has 10 heteroatoms. The molecule has 6 aromatic carbocycles. The highest BCUT2D eigenvalue weighted by Crippen LogP contribution is 2.45. The molecule has 1 unspecified atom stereocenters. The van der Waals surface area contributed by atoms with Crippen LogP contribution in [0.4, 0.5) is 45.5 Å². The molecule has 68 heavy (non-hydrogen) atoms. The highest BCUT2D eigenvalue weighted by atomic mass is 16.5. The zero-order chi connectivity index (χ0) is 48.0. The van der Waals surface area contributed by atoms with Gasteiger partial charge in [-0.05, 0) is 135 Å². The Morgan fingerprint density at radius 1 is 0.544 bits per heavy atom. The van der Waals surface area contributed by atoms with Crippen molar-refractivity contribution in [1.29, 1.82) is 0 Å². The van der Waals surface area contributed by atoms with Gasteiger partial charge in [0, 0.05) is 92.9 Å². The van der Waals surface area contributed by atoms with Crippen LogP contribution >= 0.6 is 0 Å². The van der Waals surface area contributed by atoms with Crippen LogP contribution in [0.1, 0.15) is 64.5 Å². The molecule has 8 rings (SSSR count). The maximum Gasteiger partial charge on any atom is 0.212 e. The van der Waals surface area contributed by atoms with E-state index in [0.717, 1.165) is 84.4 Å². The van der Waals surface area contributed by atoms with Gasteiger partial charge in [0.1, 0.15) is 24.3 Å². The molecule has 352 valence electrons. The monoisotopic (exact) mass is 910 g/mol. The second-order valence-corrected chi connectivity index (χ2v) is 19.1. The van der Waals surface area contributed by atoms with Crippen molar-refractivity contribution >= 4 is 63.6 Å². The lowest BCUT2D eigenvalue weighted by Gasteiger charge is -2.32. The van der Waals surface area contributed by atoms with Crippen molar-refractivity contribution < 1.29 is 14.0 Å². The Hall–Kier alpha value is -7.07. The molecule has 0 N–H and O–H groups in total. The highest BCUT2D eigenvalue weighted by Gasteiger charge is 2.45. The predicted molar refractivity (Wildman–Crippen MR) is 287 cm³/mol. The zero-order valence-electron chi connectivity index (χ0n) is 41.7. The molecule has 0 amide bonds. The summed E-state index contributed by atoms with van der Waals surface area (Å²) in [5.41, 5.74) is 12.7. The van der Waals surface area contributed by atoms with Gasteiger partial charge in [-0.3, -0.25) is 10.0 Å². The largest absolute Gasteiger partial charge is 0.497 e. The minimum absolute atomic E-state index is 0.0955. The Labute approximate surface area is 405 Å². The third-order valence-electron chi connectivity index (χ3n) is 14.2. The van der Waals surface area contributed by atoms with Crippen molar-refractivity contribution in [3.8, 4) is 11.5 Å².